The summed E-state index contributed by atoms with van der Waals surface area (Å²) in [7, 11) is -9.42. The predicted octanol–water partition coefficient (Wildman–Crippen LogP) is 0.509. The molecule has 1 aromatic carbocycles. The molecule has 1 aromatic rings. The minimum Gasteiger partial charge on any atom is -0.480 e. The lowest BCUT2D eigenvalue weighted by atomic mass is 10.3. The molecule has 0 spiro atoms. The smallest absolute Gasteiger partial charge is 0.341 e. The molecular formula is C9H9F2NO6S2. The normalized spacial score (nSPS) is 12.3. The van der Waals surface area contributed by atoms with Crippen LogP contribution < -0.4 is 4.72 Å². The first kappa shape index (κ1) is 16.3. The van der Waals surface area contributed by atoms with Crippen LogP contribution in [0.1, 0.15) is 0 Å². The lowest BCUT2D eigenvalue weighted by molar-refractivity contribution is -0.134. The van der Waals surface area contributed by atoms with E-state index in [9.17, 15) is 30.4 Å². The van der Waals surface area contributed by atoms with Gasteiger partial charge in [0.2, 0.25) is 19.9 Å². The molecule has 0 fully saturated rings. The Labute approximate surface area is 113 Å². The van der Waals surface area contributed by atoms with Crippen molar-refractivity contribution in [1.82, 2.24) is 0 Å². The average molecular weight is 329 g/mol. The van der Waals surface area contributed by atoms with Gasteiger partial charge in [0.25, 0.3) is 0 Å². The molecule has 0 saturated carbocycles. The van der Waals surface area contributed by atoms with E-state index >= 15 is 0 Å². The van der Waals surface area contributed by atoms with E-state index in [0.717, 1.165) is 18.2 Å². The van der Waals surface area contributed by atoms with Crippen molar-refractivity contribution in [3.05, 3.63) is 24.3 Å². The van der Waals surface area contributed by atoms with Gasteiger partial charge >= 0.3 is 11.7 Å². The van der Waals surface area contributed by atoms with Crippen LogP contribution in [0.3, 0.4) is 0 Å². The highest BCUT2D eigenvalue weighted by molar-refractivity contribution is 7.94. The van der Waals surface area contributed by atoms with Gasteiger partial charge in [0.15, 0.2) is 5.75 Å². The van der Waals surface area contributed by atoms with Crippen molar-refractivity contribution < 1.29 is 35.5 Å². The van der Waals surface area contributed by atoms with Gasteiger partial charge < -0.3 is 5.11 Å². The van der Waals surface area contributed by atoms with E-state index < -0.39 is 47.9 Å². The Morgan fingerprint density at radius 1 is 1.20 bits per heavy atom. The van der Waals surface area contributed by atoms with Crippen LogP contribution in [0.15, 0.2) is 29.2 Å². The number of halogens is 2. The molecule has 2 N–H and O–H groups in total. The standard InChI is InChI=1S/C9H9F2NO6S2/c10-9(11)20(17,18)7-4-2-1-3-6(7)12-19(15,16)5-8(13)14/h1-4,9,12H,5H2,(H,13,14). The lowest BCUT2D eigenvalue weighted by Gasteiger charge is -2.11. The highest BCUT2D eigenvalue weighted by atomic mass is 32.2. The molecule has 112 valence electrons. The number of sulfone groups is 1. The van der Waals surface area contributed by atoms with Crippen LogP contribution in [0.25, 0.3) is 0 Å². The molecule has 1 rings (SSSR count). The Morgan fingerprint density at radius 3 is 2.25 bits per heavy atom. The first-order valence-corrected chi connectivity index (χ1v) is 8.09. The molecule has 0 amide bonds. The maximum Gasteiger partial charge on any atom is 0.341 e. The molecule has 0 heterocycles. The second kappa shape index (κ2) is 5.71. The average Bonchev–Trinajstić information content (AvgIpc) is 2.26. The summed E-state index contributed by atoms with van der Waals surface area (Å²) in [6, 6.07) is 4.07. The van der Waals surface area contributed by atoms with Crippen LogP contribution in [-0.2, 0) is 24.7 Å². The lowest BCUT2D eigenvalue weighted by Crippen LogP contribution is -2.24. The van der Waals surface area contributed by atoms with Crippen molar-refractivity contribution in [3.8, 4) is 0 Å². The zero-order valence-corrected chi connectivity index (χ0v) is 11.3. The fourth-order valence-electron chi connectivity index (χ4n) is 1.26. The van der Waals surface area contributed by atoms with Gasteiger partial charge in [-0.05, 0) is 12.1 Å². The predicted molar refractivity (Wildman–Crippen MR) is 64.7 cm³/mol. The molecule has 0 radical (unpaired) electrons. The maximum absolute atomic E-state index is 12.5. The van der Waals surface area contributed by atoms with E-state index in [0.29, 0.717) is 0 Å². The van der Waals surface area contributed by atoms with Gasteiger partial charge in [-0.1, -0.05) is 12.1 Å². The molecule has 0 saturated heterocycles. The number of carboxylic acid groups (broad SMARTS) is 1. The second-order valence-electron chi connectivity index (χ2n) is 3.56. The summed E-state index contributed by atoms with van der Waals surface area (Å²) in [5.41, 5.74) is -0.631. The number of sulfonamides is 1. The second-order valence-corrected chi connectivity index (χ2v) is 7.17. The van der Waals surface area contributed by atoms with Crippen molar-refractivity contribution >= 4 is 31.5 Å². The molecule has 0 bridgehead atoms. The summed E-state index contributed by atoms with van der Waals surface area (Å²) in [6.45, 7) is 0. The summed E-state index contributed by atoms with van der Waals surface area (Å²) < 4.78 is 72.1. The molecule has 0 aromatic heterocycles. The third-order valence-corrected chi connectivity index (χ3v) is 4.60. The SMILES string of the molecule is O=C(O)CS(=O)(=O)Nc1ccccc1S(=O)(=O)C(F)F. The quantitative estimate of drug-likeness (QED) is 0.785. The monoisotopic (exact) mass is 329 g/mol. The highest BCUT2D eigenvalue weighted by Gasteiger charge is 2.30. The molecule has 20 heavy (non-hydrogen) atoms. The molecule has 0 aliphatic heterocycles. The minimum atomic E-state index is -5.02. The maximum atomic E-state index is 12.5. The number of benzene rings is 1. The first-order valence-electron chi connectivity index (χ1n) is 4.89. The van der Waals surface area contributed by atoms with E-state index in [1.54, 1.807) is 4.72 Å². The third kappa shape index (κ3) is 3.87. The van der Waals surface area contributed by atoms with Gasteiger partial charge in [-0.15, -0.1) is 0 Å². The summed E-state index contributed by atoms with van der Waals surface area (Å²) in [5, 5.41) is 8.39. The Morgan fingerprint density at radius 2 is 1.75 bits per heavy atom. The number of nitrogens with one attached hydrogen (secondary N) is 1. The van der Waals surface area contributed by atoms with E-state index in [2.05, 4.69) is 0 Å². The van der Waals surface area contributed by atoms with E-state index in [-0.39, 0.29) is 0 Å². The molecule has 0 unspecified atom stereocenters. The summed E-state index contributed by atoms with van der Waals surface area (Å²) in [6.07, 6.45) is 0. The van der Waals surface area contributed by atoms with Crippen LogP contribution in [0.4, 0.5) is 14.5 Å². The number of anilines is 1. The number of aliphatic carboxylic acids is 1. The van der Waals surface area contributed by atoms with Crippen LogP contribution in [0.5, 0.6) is 0 Å². The van der Waals surface area contributed by atoms with Crippen molar-refractivity contribution in [3.63, 3.8) is 0 Å². The fourth-order valence-corrected chi connectivity index (χ4v) is 3.12. The Kier molecular flexibility index (Phi) is 4.65. The molecule has 0 aliphatic rings. The molecular weight excluding hydrogens is 320 g/mol. The molecule has 7 nitrogen and oxygen atoms in total. The van der Waals surface area contributed by atoms with E-state index in [1.807, 2.05) is 0 Å². The van der Waals surface area contributed by atoms with Gasteiger partial charge in [-0.25, -0.2) is 16.8 Å². The van der Waals surface area contributed by atoms with Gasteiger partial charge in [-0.3, -0.25) is 9.52 Å². The number of alkyl halides is 2. The highest BCUT2D eigenvalue weighted by Crippen LogP contribution is 2.26. The van der Waals surface area contributed by atoms with E-state index in [4.69, 9.17) is 5.11 Å². The summed E-state index contributed by atoms with van der Waals surface area (Å²) in [4.78, 5) is 9.41. The first-order chi connectivity index (χ1) is 9.06. The van der Waals surface area contributed by atoms with Gasteiger partial charge in [0.05, 0.1) is 10.6 Å². The van der Waals surface area contributed by atoms with Crippen molar-refractivity contribution in [2.24, 2.45) is 0 Å². The topological polar surface area (TPSA) is 118 Å². The number of hydrogen-bond acceptors (Lipinski definition) is 5. The van der Waals surface area contributed by atoms with Crippen molar-refractivity contribution in [2.45, 2.75) is 10.7 Å². The Balaban J connectivity index is 3.26. The molecule has 11 heteroatoms. The number of para-hydroxylation sites is 1. The fraction of sp³-hybridized carbons (Fsp3) is 0.222. The number of carbonyl (C=O) groups is 1. The van der Waals surface area contributed by atoms with Crippen LogP contribution in [-0.4, -0.2) is 39.4 Å². The Hall–Kier alpha value is -1.75. The Bertz CT molecular complexity index is 714. The third-order valence-electron chi connectivity index (χ3n) is 2.01. The number of hydrogen-bond donors (Lipinski definition) is 2. The zero-order chi connectivity index (χ0) is 15.6. The molecule has 0 aliphatic carbocycles. The van der Waals surface area contributed by atoms with Crippen LogP contribution in [0.2, 0.25) is 0 Å². The van der Waals surface area contributed by atoms with E-state index in [1.165, 1.54) is 6.07 Å². The summed E-state index contributed by atoms with van der Waals surface area (Å²) in [5.74, 6) is -6.73. The van der Waals surface area contributed by atoms with Gasteiger partial charge in [0, 0.05) is 0 Å². The van der Waals surface area contributed by atoms with Gasteiger partial charge in [0.1, 0.15) is 0 Å². The zero-order valence-electron chi connectivity index (χ0n) is 9.65. The number of rotatable bonds is 6. The molecule has 0 atom stereocenters. The summed E-state index contributed by atoms with van der Waals surface area (Å²) >= 11 is 0. The van der Waals surface area contributed by atoms with Crippen LogP contribution >= 0.6 is 0 Å². The van der Waals surface area contributed by atoms with Crippen molar-refractivity contribution in [1.29, 1.82) is 0 Å². The number of carboxylic acids is 1. The van der Waals surface area contributed by atoms with Crippen molar-refractivity contribution in [2.75, 3.05) is 10.5 Å². The minimum absolute atomic E-state index is 0.631. The van der Waals surface area contributed by atoms with Gasteiger partial charge in [-0.2, -0.15) is 8.78 Å². The largest absolute Gasteiger partial charge is 0.480 e. The van der Waals surface area contributed by atoms with Crippen LogP contribution in [0, 0.1) is 0 Å².